The van der Waals surface area contributed by atoms with Gasteiger partial charge < -0.3 is 20.0 Å². The van der Waals surface area contributed by atoms with Crippen molar-refractivity contribution in [3.05, 3.63) is 23.8 Å². The molecule has 1 aromatic carbocycles. The number of piperazine rings is 1. The second-order valence-electron chi connectivity index (χ2n) is 6.21. The molecule has 0 aromatic heterocycles. The largest absolute Gasteiger partial charge is 0.376 e. The lowest BCUT2D eigenvalue weighted by atomic mass is 10.1. The van der Waals surface area contributed by atoms with Crippen LogP contribution in [0.15, 0.2) is 18.2 Å². The zero-order valence-corrected chi connectivity index (χ0v) is 14.9. The zero-order valence-electron chi connectivity index (χ0n) is 14.9. The minimum absolute atomic E-state index is 0.185. The Morgan fingerprint density at radius 1 is 1.17 bits per heavy atom. The highest BCUT2D eigenvalue weighted by atomic mass is 16.2. The molecule has 0 radical (unpaired) electrons. The Morgan fingerprint density at radius 2 is 1.83 bits per heavy atom. The average Bonchev–Trinajstić information content (AvgIpc) is 2.55. The van der Waals surface area contributed by atoms with Gasteiger partial charge in [-0.3, -0.25) is 4.79 Å². The van der Waals surface area contributed by atoms with Gasteiger partial charge in [0.2, 0.25) is 5.91 Å². The van der Waals surface area contributed by atoms with Crippen LogP contribution in [0.3, 0.4) is 0 Å². The van der Waals surface area contributed by atoms with E-state index in [0.29, 0.717) is 6.54 Å². The molecule has 1 amide bonds. The molecule has 5 nitrogen and oxygen atoms in total. The number of rotatable bonds is 6. The summed E-state index contributed by atoms with van der Waals surface area (Å²) in [6, 6.07) is 6.40. The first-order chi connectivity index (χ1) is 11.0. The Balaban J connectivity index is 1.91. The molecule has 1 N–H and O–H groups in total. The van der Waals surface area contributed by atoms with Gasteiger partial charge in [0.1, 0.15) is 0 Å². The third-order valence-corrected chi connectivity index (χ3v) is 4.62. The van der Waals surface area contributed by atoms with Gasteiger partial charge in [-0.05, 0) is 51.6 Å². The van der Waals surface area contributed by atoms with Crippen molar-refractivity contribution >= 4 is 17.3 Å². The molecule has 1 fully saturated rings. The van der Waals surface area contributed by atoms with Crippen molar-refractivity contribution in [1.29, 1.82) is 0 Å². The standard InChI is InChI=1S/C18H30N4O/c1-5-21(6-2)16-7-8-17(15(3)13-16)19-14-18(23)22-11-9-20(4)10-12-22/h7-8,13,19H,5-6,9-12,14H2,1-4H3. The van der Waals surface area contributed by atoms with E-state index in [2.05, 4.69) is 61.1 Å². The summed E-state index contributed by atoms with van der Waals surface area (Å²) >= 11 is 0. The summed E-state index contributed by atoms with van der Waals surface area (Å²) in [7, 11) is 2.10. The SMILES string of the molecule is CCN(CC)c1ccc(NCC(=O)N2CCN(C)CC2)c(C)c1. The highest BCUT2D eigenvalue weighted by molar-refractivity contribution is 5.81. The molecule has 23 heavy (non-hydrogen) atoms. The summed E-state index contributed by atoms with van der Waals surface area (Å²) in [5, 5.41) is 3.30. The van der Waals surface area contributed by atoms with Gasteiger partial charge in [-0.2, -0.15) is 0 Å². The van der Waals surface area contributed by atoms with Crippen molar-refractivity contribution in [3.63, 3.8) is 0 Å². The van der Waals surface area contributed by atoms with Gasteiger partial charge in [0.15, 0.2) is 0 Å². The first-order valence-corrected chi connectivity index (χ1v) is 8.61. The molecule has 0 saturated carbocycles. The number of carbonyl (C=O) groups excluding carboxylic acids is 1. The molecular weight excluding hydrogens is 288 g/mol. The second kappa shape index (κ2) is 8.20. The van der Waals surface area contributed by atoms with Crippen molar-refractivity contribution in [2.24, 2.45) is 0 Å². The Hall–Kier alpha value is -1.75. The minimum atomic E-state index is 0.185. The Morgan fingerprint density at radius 3 is 2.39 bits per heavy atom. The maximum Gasteiger partial charge on any atom is 0.241 e. The van der Waals surface area contributed by atoms with E-state index in [1.165, 1.54) is 11.3 Å². The molecule has 0 unspecified atom stereocenters. The number of anilines is 2. The lowest BCUT2D eigenvalue weighted by molar-refractivity contribution is -0.130. The van der Waals surface area contributed by atoms with Crippen LogP contribution in [0.2, 0.25) is 0 Å². The monoisotopic (exact) mass is 318 g/mol. The highest BCUT2D eigenvalue weighted by Crippen LogP contribution is 2.22. The van der Waals surface area contributed by atoms with Crippen LogP contribution in [0, 0.1) is 6.92 Å². The number of hydrogen-bond donors (Lipinski definition) is 1. The van der Waals surface area contributed by atoms with E-state index in [1.807, 2.05) is 4.90 Å². The predicted molar refractivity (Wildman–Crippen MR) is 97.3 cm³/mol. The Kier molecular flexibility index (Phi) is 6.28. The van der Waals surface area contributed by atoms with Gasteiger partial charge in [-0.25, -0.2) is 0 Å². The maximum atomic E-state index is 12.3. The fraction of sp³-hybridized carbons (Fsp3) is 0.611. The Bertz CT molecular complexity index is 520. The van der Waals surface area contributed by atoms with Crippen molar-refractivity contribution in [1.82, 2.24) is 9.80 Å². The molecule has 5 heteroatoms. The number of nitrogens with zero attached hydrogens (tertiary/aromatic N) is 3. The summed E-state index contributed by atoms with van der Waals surface area (Å²) in [4.78, 5) is 18.8. The van der Waals surface area contributed by atoms with E-state index in [9.17, 15) is 4.79 Å². The van der Waals surface area contributed by atoms with E-state index < -0.39 is 0 Å². The van der Waals surface area contributed by atoms with Gasteiger partial charge in [-0.15, -0.1) is 0 Å². The molecule has 1 heterocycles. The normalized spacial score (nSPS) is 15.6. The first-order valence-electron chi connectivity index (χ1n) is 8.61. The topological polar surface area (TPSA) is 38.8 Å². The summed E-state index contributed by atoms with van der Waals surface area (Å²) in [5.41, 5.74) is 3.47. The van der Waals surface area contributed by atoms with E-state index in [0.717, 1.165) is 45.0 Å². The predicted octanol–water partition coefficient (Wildman–Crippen LogP) is 2.03. The lowest BCUT2D eigenvalue weighted by Gasteiger charge is -2.32. The summed E-state index contributed by atoms with van der Waals surface area (Å²) in [6.07, 6.45) is 0. The quantitative estimate of drug-likeness (QED) is 0.871. The van der Waals surface area contributed by atoms with E-state index in [-0.39, 0.29) is 5.91 Å². The molecule has 0 aliphatic carbocycles. The maximum absolute atomic E-state index is 12.3. The minimum Gasteiger partial charge on any atom is -0.376 e. The number of hydrogen-bond acceptors (Lipinski definition) is 4. The fourth-order valence-corrected chi connectivity index (χ4v) is 2.97. The molecule has 1 aliphatic heterocycles. The van der Waals surface area contributed by atoms with Gasteiger partial charge in [0.05, 0.1) is 6.54 Å². The number of likely N-dealkylation sites (N-methyl/N-ethyl adjacent to an activating group) is 1. The van der Waals surface area contributed by atoms with Crippen LogP contribution in [-0.2, 0) is 4.79 Å². The molecular formula is C18H30N4O. The zero-order chi connectivity index (χ0) is 16.8. The van der Waals surface area contributed by atoms with Crippen LogP contribution < -0.4 is 10.2 Å². The van der Waals surface area contributed by atoms with Crippen molar-refractivity contribution in [3.8, 4) is 0 Å². The summed E-state index contributed by atoms with van der Waals surface area (Å²) in [6.45, 7) is 12.4. The van der Waals surface area contributed by atoms with E-state index in [4.69, 9.17) is 0 Å². The molecule has 1 aliphatic rings. The molecule has 0 spiro atoms. The van der Waals surface area contributed by atoms with Crippen LogP contribution in [-0.4, -0.2) is 68.6 Å². The fourth-order valence-electron chi connectivity index (χ4n) is 2.97. The number of nitrogens with one attached hydrogen (secondary N) is 1. The molecule has 2 rings (SSSR count). The van der Waals surface area contributed by atoms with Crippen LogP contribution in [0.4, 0.5) is 11.4 Å². The molecule has 1 saturated heterocycles. The van der Waals surface area contributed by atoms with Gasteiger partial charge in [0, 0.05) is 50.6 Å². The molecule has 1 aromatic rings. The van der Waals surface area contributed by atoms with Crippen molar-refractivity contribution in [2.45, 2.75) is 20.8 Å². The molecule has 0 bridgehead atoms. The smallest absolute Gasteiger partial charge is 0.241 e. The van der Waals surface area contributed by atoms with Gasteiger partial charge >= 0.3 is 0 Å². The van der Waals surface area contributed by atoms with Crippen molar-refractivity contribution < 1.29 is 4.79 Å². The number of amides is 1. The van der Waals surface area contributed by atoms with E-state index >= 15 is 0 Å². The number of carbonyl (C=O) groups is 1. The van der Waals surface area contributed by atoms with Gasteiger partial charge in [-0.1, -0.05) is 0 Å². The summed E-state index contributed by atoms with van der Waals surface area (Å²) < 4.78 is 0. The first kappa shape index (κ1) is 17.6. The molecule has 128 valence electrons. The van der Waals surface area contributed by atoms with Crippen molar-refractivity contribution in [2.75, 3.05) is 63.1 Å². The Labute approximate surface area is 140 Å². The third kappa shape index (κ3) is 4.61. The van der Waals surface area contributed by atoms with Crippen LogP contribution in [0.5, 0.6) is 0 Å². The third-order valence-electron chi connectivity index (χ3n) is 4.62. The van der Waals surface area contributed by atoms with Crippen LogP contribution >= 0.6 is 0 Å². The lowest BCUT2D eigenvalue weighted by Crippen LogP contribution is -2.48. The second-order valence-corrected chi connectivity index (χ2v) is 6.21. The van der Waals surface area contributed by atoms with Crippen LogP contribution in [0.25, 0.3) is 0 Å². The number of benzene rings is 1. The summed E-state index contributed by atoms with van der Waals surface area (Å²) in [5.74, 6) is 0.185. The van der Waals surface area contributed by atoms with E-state index in [1.54, 1.807) is 0 Å². The molecule has 0 atom stereocenters. The van der Waals surface area contributed by atoms with Crippen LogP contribution in [0.1, 0.15) is 19.4 Å². The highest BCUT2D eigenvalue weighted by Gasteiger charge is 2.18. The average molecular weight is 318 g/mol. The van der Waals surface area contributed by atoms with Gasteiger partial charge in [0.25, 0.3) is 0 Å². The number of aryl methyl sites for hydroxylation is 1.